The van der Waals surface area contributed by atoms with Gasteiger partial charge in [0, 0.05) is 25.0 Å². The zero-order chi connectivity index (χ0) is 16.4. The standard InChI is InChI=1S/C15H15F3N2O3/c16-15(17,18)23-14-2-1-10(7-13(14)21)11-8-19-20(9-11)12-3-5-22-6-4-12/h1-2,7-9,12,21H,3-6H2. The third kappa shape index (κ3) is 3.76. The number of ether oxygens (including phenoxy) is 2. The average molecular weight is 328 g/mol. The maximum atomic E-state index is 12.2. The summed E-state index contributed by atoms with van der Waals surface area (Å²) in [5, 5.41) is 14.0. The fourth-order valence-electron chi connectivity index (χ4n) is 2.54. The van der Waals surface area contributed by atoms with E-state index in [-0.39, 0.29) is 6.04 Å². The Morgan fingerprint density at radius 3 is 2.61 bits per heavy atom. The minimum absolute atomic E-state index is 0.249. The van der Waals surface area contributed by atoms with Gasteiger partial charge in [0.1, 0.15) is 0 Å². The van der Waals surface area contributed by atoms with Gasteiger partial charge in [-0.1, -0.05) is 6.07 Å². The first-order valence-electron chi connectivity index (χ1n) is 7.13. The van der Waals surface area contributed by atoms with Crippen molar-refractivity contribution in [2.24, 2.45) is 0 Å². The second-order valence-corrected chi connectivity index (χ2v) is 5.28. The highest BCUT2D eigenvalue weighted by Gasteiger charge is 2.32. The van der Waals surface area contributed by atoms with Gasteiger partial charge in [0.05, 0.1) is 12.2 Å². The molecule has 0 atom stereocenters. The van der Waals surface area contributed by atoms with Gasteiger partial charge in [0.2, 0.25) is 0 Å². The lowest BCUT2D eigenvalue weighted by molar-refractivity contribution is -0.275. The molecule has 8 heteroatoms. The summed E-state index contributed by atoms with van der Waals surface area (Å²) in [6.07, 6.45) is 0.325. The van der Waals surface area contributed by atoms with Gasteiger partial charge in [-0.05, 0) is 30.5 Å². The predicted octanol–water partition coefficient (Wildman–Crippen LogP) is 3.51. The van der Waals surface area contributed by atoms with Gasteiger partial charge in [-0.15, -0.1) is 13.2 Å². The number of halogens is 3. The lowest BCUT2D eigenvalue weighted by atomic mass is 10.1. The zero-order valence-electron chi connectivity index (χ0n) is 12.1. The number of benzene rings is 1. The SMILES string of the molecule is Oc1cc(-c2cnn(C3CCOCC3)c2)ccc1OC(F)(F)F. The molecule has 0 saturated carbocycles. The molecule has 0 radical (unpaired) electrons. The third-order valence-corrected chi connectivity index (χ3v) is 3.68. The average Bonchev–Trinajstić information content (AvgIpc) is 2.99. The van der Waals surface area contributed by atoms with Crippen molar-refractivity contribution in [2.75, 3.05) is 13.2 Å². The van der Waals surface area contributed by atoms with Gasteiger partial charge >= 0.3 is 6.36 Å². The van der Waals surface area contributed by atoms with Crippen LogP contribution in [0.25, 0.3) is 11.1 Å². The van der Waals surface area contributed by atoms with Crippen LogP contribution in [0.2, 0.25) is 0 Å². The normalized spacial score (nSPS) is 16.5. The fraction of sp³-hybridized carbons (Fsp3) is 0.400. The number of alkyl halides is 3. The summed E-state index contributed by atoms with van der Waals surface area (Å²) in [6.45, 7) is 1.37. The smallest absolute Gasteiger partial charge is 0.504 e. The number of phenolic OH excluding ortho intramolecular Hbond substituents is 1. The molecule has 0 amide bonds. The highest BCUT2D eigenvalue weighted by Crippen LogP contribution is 2.35. The Morgan fingerprint density at radius 2 is 1.96 bits per heavy atom. The van der Waals surface area contributed by atoms with Crippen molar-refractivity contribution in [3.05, 3.63) is 30.6 Å². The molecule has 3 rings (SSSR count). The molecule has 0 bridgehead atoms. The molecule has 1 aromatic carbocycles. The van der Waals surface area contributed by atoms with E-state index in [2.05, 4.69) is 9.84 Å². The van der Waals surface area contributed by atoms with E-state index in [1.54, 1.807) is 6.20 Å². The van der Waals surface area contributed by atoms with Crippen LogP contribution in [-0.4, -0.2) is 34.5 Å². The second kappa shape index (κ2) is 6.11. The molecule has 1 saturated heterocycles. The summed E-state index contributed by atoms with van der Waals surface area (Å²) in [5.74, 6) is -1.20. The maximum Gasteiger partial charge on any atom is 0.573 e. The molecule has 1 aromatic heterocycles. The van der Waals surface area contributed by atoms with Crippen molar-refractivity contribution in [3.63, 3.8) is 0 Å². The van der Waals surface area contributed by atoms with Crippen LogP contribution >= 0.6 is 0 Å². The van der Waals surface area contributed by atoms with Crippen molar-refractivity contribution in [1.82, 2.24) is 9.78 Å². The van der Waals surface area contributed by atoms with Crippen LogP contribution < -0.4 is 4.74 Å². The lowest BCUT2D eigenvalue weighted by Gasteiger charge is -2.22. The van der Waals surface area contributed by atoms with Gasteiger partial charge in [0.15, 0.2) is 11.5 Å². The van der Waals surface area contributed by atoms with Crippen molar-refractivity contribution in [3.8, 4) is 22.6 Å². The van der Waals surface area contributed by atoms with E-state index >= 15 is 0 Å². The van der Waals surface area contributed by atoms with Crippen LogP contribution in [0.15, 0.2) is 30.6 Å². The van der Waals surface area contributed by atoms with Crippen molar-refractivity contribution >= 4 is 0 Å². The Labute approximate surface area is 130 Å². The Bertz CT molecular complexity index is 679. The minimum atomic E-state index is -4.84. The second-order valence-electron chi connectivity index (χ2n) is 5.28. The van der Waals surface area contributed by atoms with Crippen LogP contribution in [0.3, 0.4) is 0 Å². The number of rotatable bonds is 3. The molecule has 1 N–H and O–H groups in total. The fourth-order valence-corrected chi connectivity index (χ4v) is 2.54. The predicted molar refractivity (Wildman–Crippen MR) is 75.1 cm³/mol. The van der Waals surface area contributed by atoms with E-state index in [0.717, 1.165) is 18.9 Å². The molecule has 0 aliphatic carbocycles. The van der Waals surface area contributed by atoms with Crippen molar-refractivity contribution in [1.29, 1.82) is 0 Å². The van der Waals surface area contributed by atoms with Crippen LogP contribution in [-0.2, 0) is 4.74 Å². The Hall–Kier alpha value is -2.22. The summed E-state index contributed by atoms with van der Waals surface area (Å²) in [6, 6.07) is 4.02. The monoisotopic (exact) mass is 328 g/mol. The van der Waals surface area contributed by atoms with Crippen molar-refractivity contribution in [2.45, 2.75) is 25.2 Å². The molecule has 0 spiro atoms. The summed E-state index contributed by atoms with van der Waals surface area (Å²) >= 11 is 0. The maximum absolute atomic E-state index is 12.2. The molecule has 2 heterocycles. The number of aromatic nitrogens is 2. The lowest BCUT2D eigenvalue weighted by Crippen LogP contribution is -2.19. The van der Waals surface area contributed by atoms with Crippen LogP contribution in [0.4, 0.5) is 13.2 Å². The van der Waals surface area contributed by atoms with E-state index in [1.165, 1.54) is 12.1 Å². The first kappa shape index (κ1) is 15.7. The third-order valence-electron chi connectivity index (χ3n) is 3.68. The topological polar surface area (TPSA) is 56.5 Å². The Morgan fingerprint density at radius 1 is 1.22 bits per heavy atom. The quantitative estimate of drug-likeness (QED) is 0.937. The summed E-state index contributed by atoms with van der Waals surface area (Å²) < 4.78 is 47.5. The molecule has 2 aromatic rings. The molecule has 23 heavy (non-hydrogen) atoms. The molecule has 0 unspecified atom stereocenters. The number of hydrogen-bond acceptors (Lipinski definition) is 4. The molecular formula is C15H15F3N2O3. The van der Waals surface area contributed by atoms with Crippen LogP contribution in [0, 0.1) is 0 Å². The Balaban J connectivity index is 1.79. The minimum Gasteiger partial charge on any atom is -0.504 e. The molecule has 5 nitrogen and oxygen atoms in total. The zero-order valence-corrected chi connectivity index (χ0v) is 12.1. The van der Waals surface area contributed by atoms with E-state index in [9.17, 15) is 18.3 Å². The summed E-state index contributed by atoms with van der Waals surface area (Å²) in [7, 11) is 0. The number of aromatic hydroxyl groups is 1. The van der Waals surface area contributed by atoms with Gasteiger partial charge in [-0.25, -0.2) is 0 Å². The van der Waals surface area contributed by atoms with Crippen molar-refractivity contribution < 1.29 is 27.8 Å². The number of phenols is 1. The first-order valence-corrected chi connectivity index (χ1v) is 7.13. The number of hydrogen-bond donors (Lipinski definition) is 1. The highest BCUT2D eigenvalue weighted by atomic mass is 19.4. The highest BCUT2D eigenvalue weighted by molar-refractivity contribution is 5.65. The van der Waals surface area contributed by atoms with E-state index < -0.39 is 17.9 Å². The van der Waals surface area contributed by atoms with Crippen LogP contribution in [0.5, 0.6) is 11.5 Å². The molecule has 124 valence electrons. The summed E-state index contributed by atoms with van der Waals surface area (Å²) in [4.78, 5) is 0. The van der Waals surface area contributed by atoms with Gasteiger partial charge in [-0.2, -0.15) is 5.10 Å². The van der Waals surface area contributed by atoms with E-state index in [1.807, 2.05) is 10.9 Å². The largest absolute Gasteiger partial charge is 0.573 e. The Kier molecular flexibility index (Phi) is 4.16. The van der Waals surface area contributed by atoms with E-state index in [0.29, 0.717) is 24.3 Å². The number of nitrogens with zero attached hydrogens (tertiary/aromatic N) is 2. The molecule has 1 fully saturated rings. The molecule has 1 aliphatic heterocycles. The molecular weight excluding hydrogens is 313 g/mol. The van der Waals surface area contributed by atoms with Crippen LogP contribution in [0.1, 0.15) is 18.9 Å². The summed E-state index contributed by atoms with van der Waals surface area (Å²) in [5.41, 5.74) is 1.28. The molecule has 1 aliphatic rings. The van der Waals surface area contributed by atoms with Gasteiger partial charge in [0.25, 0.3) is 0 Å². The first-order chi connectivity index (χ1) is 10.9. The van der Waals surface area contributed by atoms with Gasteiger partial charge in [-0.3, -0.25) is 4.68 Å². The van der Waals surface area contributed by atoms with Gasteiger partial charge < -0.3 is 14.6 Å². The van der Waals surface area contributed by atoms with E-state index in [4.69, 9.17) is 4.74 Å².